The molecule has 1 heterocycles. The van der Waals surface area contributed by atoms with Crippen LogP contribution in [0.2, 0.25) is 0 Å². The predicted molar refractivity (Wildman–Crippen MR) is 86.8 cm³/mol. The van der Waals surface area contributed by atoms with E-state index < -0.39 is 11.7 Å². The lowest BCUT2D eigenvalue weighted by Crippen LogP contribution is -2.03. The summed E-state index contributed by atoms with van der Waals surface area (Å²) in [6.45, 7) is 0. The van der Waals surface area contributed by atoms with Crippen molar-refractivity contribution in [2.75, 3.05) is 0 Å². The monoisotopic (exact) mass is 324 g/mol. The largest absolute Gasteiger partial charge is 0.416 e. The number of nitrogens with zero attached hydrogens (tertiary/aromatic N) is 2. The van der Waals surface area contributed by atoms with Gasteiger partial charge in [0, 0.05) is 17.1 Å². The van der Waals surface area contributed by atoms with Crippen molar-refractivity contribution in [3.63, 3.8) is 0 Å². The molecule has 2 nitrogen and oxygen atoms in total. The molecular weight excluding hydrogens is 313 g/mol. The Balaban J connectivity index is 1.96. The van der Waals surface area contributed by atoms with Crippen molar-refractivity contribution in [3.05, 3.63) is 77.0 Å². The van der Waals surface area contributed by atoms with Gasteiger partial charge in [0.1, 0.15) is 0 Å². The van der Waals surface area contributed by atoms with E-state index in [1.807, 2.05) is 6.07 Å². The molecule has 0 saturated heterocycles. The molecule has 3 rings (SSSR count). The van der Waals surface area contributed by atoms with E-state index in [9.17, 15) is 13.2 Å². The van der Waals surface area contributed by atoms with Crippen LogP contribution in [-0.4, -0.2) is 4.98 Å². The fourth-order valence-electron chi connectivity index (χ4n) is 2.40. The predicted octanol–water partition coefficient (Wildman–Crippen LogP) is 5.30. The average molecular weight is 324 g/mol. The Bertz CT molecular complexity index is 949. The molecule has 2 aromatic carbocycles. The van der Waals surface area contributed by atoms with Crippen LogP contribution in [0.4, 0.5) is 13.2 Å². The molecule has 24 heavy (non-hydrogen) atoms. The molecule has 0 amide bonds. The Kier molecular flexibility index (Phi) is 4.05. The average Bonchev–Trinajstić information content (AvgIpc) is 2.59. The Morgan fingerprint density at radius 2 is 1.71 bits per heavy atom. The van der Waals surface area contributed by atoms with Gasteiger partial charge in [0.05, 0.1) is 22.7 Å². The fraction of sp³-hybridized carbons (Fsp3) is 0.0526. The summed E-state index contributed by atoms with van der Waals surface area (Å²) in [5.41, 5.74) is 1.98. The van der Waals surface area contributed by atoms with Gasteiger partial charge in [-0.25, -0.2) is 0 Å². The van der Waals surface area contributed by atoms with Crippen molar-refractivity contribution >= 4 is 23.1 Å². The number of alkyl halides is 3. The zero-order chi connectivity index (χ0) is 17.2. The van der Waals surface area contributed by atoms with E-state index in [4.69, 9.17) is 5.26 Å². The van der Waals surface area contributed by atoms with Gasteiger partial charge in [-0.15, -0.1) is 0 Å². The smallest absolute Gasteiger partial charge is 0.256 e. The van der Waals surface area contributed by atoms with Crippen LogP contribution in [0.5, 0.6) is 0 Å². The van der Waals surface area contributed by atoms with Crippen molar-refractivity contribution in [1.82, 2.24) is 4.98 Å². The zero-order valence-electron chi connectivity index (χ0n) is 12.4. The second kappa shape index (κ2) is 6.17. The molecule has 0 bridgehead atoms. The summed E-state index contributed by atoms with van der Waals surface area (Å²) in [5.74, 6) is 0. The highest BCUT2D eigenvalue weighted by Crippen LogP contribution is 2.29. The topological polar surface area (TPSA) is 36.7 Å². The first-order chi connectivity index (χ1) is 11.5. The standard InChI is InChI=1S/C19H11F3N2/c20-19(21,22)16-9-4-13(5-10-16)3-6-14-7-8-15(12-23)17-2-1-11-24-18(14)17/h1-11H. The highest BCUT2D eigenvalue weighted by Gasteiger charge is 2.29. The second-order valence-corrected chi connectivity index (χ2v) is 5.17. The highest BCUT2D eigenvalue weighted by atomic mass is 19.4. The van der Waals surface area contributed by atoms with Gasteiger partial charge in [0.25, 0.3) is 0 Å². The fourth-order valence-corrected chi connectivity index (χ4v) is 2.40. The van der Waals surface area contributed by atoms with Crippen LogP contribution in [0.3, 0.4) is 0 Å². The summed E-state index contributed by atoms with van der Waals surface area (Å²) in [5, 5.41) is 9.88. The van der Waals surface area contributed by atoms with E-state index in [1.54, 1.807) is 36.5 Å². The summed E-state index contributed by atoms with van der Waals surface area (Å²) in [6, 6.07) is 14.1. The van der Waals surface area contributed by atoms with Crippen LogP contribution in [0.1, 0.15) is 22.3 Å². The first-order valence-electron chi connectivity index (χ1n) is 7.12. The molecule has 0 aliphatic carbocycles. The summed E-state index contributed by atoms with van der Waals surface area (Å²) in [4.78, 5) is 4.30. The maximum atomic E-state index is 12.6. The van der Waals surface area contributed by atoms with Crippen LogP contribution in [0.15, 0.2) is 54.7 Å². The van der Waals surface area contributed by atoms with Gasteiger partial charge >= 0.3 is 6.18 Å². The van der Waals surface area contributed by atoms with Crippen LogP contribution in [0, 0.1) is 11.3 Å². The van der Waals surface area contributed by atoms with E-state index >= 15 is 0 Å². The van der Waals surface area contributed by atoms with Crippen molar-refractivity contribution in [2.24, 2.45) is 0 Å². The molecule has 5 heteroatoms. The van der Waals surface area contributed by atoms with E-state index in [1.165, 1.54) is 12.1 Å². The van der Waals surface area contributed by atoms with Crippen molar-refractivity contribution < 1.29 is 13.2 Å². The number of aromatic nitrogens is 1. The highest BCUT2D eigenvalue weighted by molar-refractivity contribution is 5.93. The Morgan fingerprint density at radius 3 is 2.38 bits per heavy atom. The van der Waals surface area contributed by atoms with Gasteiger partial charge in [-0.05, 0) is 35.9 Å². The quantitative estimate of drug-likeness (QED) is 0.600. The minimum atomic E-state index is -4.34. The third kappa shape index (κ3) is 3.13. The van der Waals surface area contributed by atoms with Gasteiger partial charge in [-0.1, -0.05) is 30.4 Å². The van der Waals surface area contributed by atoms with Crippen LogP contribution >= 0.6 is 0 Å². The first-order valence-corrected chi connectivity index (χ1v) is 7.12. The van der Waals surface area contributed by atoms with Crippen molar-refractivity contribution in [2.45, 2.75) is 6.18 Å². The molecule has 0 aliphatic rings. The minimum Gasteiger partial charge on any atom is -0.256 e. The van der Waals surface area contributed by atoms with Gasteiger partial charge in [-0.3, -0.25) is 4.98 Å². The molecule has 0 N–H and O–H groups in total. The Hall–Kier alpha value is -3.13. The molecule has 0 fully saturated rings. The second-order valence-electron chi connectivity index (χ2n) is 5.17. The van der Waals surface area contributed by atoms with E-state index in [0.29, 0.717) is 16.6 Å². The SMILES string of the molecule is N#Cc1ccc(C=Cc2ccc(C(F)(F)F)cc2)c2ncccc12. The maximum Gasteiger partial charge on any atom is 0.416 e. The number of hydrogen-bond donors (Lipinski definition) is 0. The van der Waals surface area contributed by atoms with Crippen LogP contribution in [0.25, 0.3) is 23.1 Å². The van der Waals surface area contributed by atoms with Crippen molar-refractivity contribution in [1.29, 1.82) is 5.26 Å². The summed E-state index contributed by atoms with van der Waals surface area (Å²) in [6.07, 6.45) is 0.795. The third-order valence-electron chi connectivity index (χ3n) is 3.61. The third-order valence-corrected chi connectivity index (χ3v) is 3.61. The minimum absolute atomic E-state index is 0.532. The molecule has 0 atom stereocenters. The van der Waals surface area contributed by atoms with E-state index in [0.717, 1.165) is 23.1 Å². The number of pyridine rings is 1. The Morgan fingerprint density at radius 1 is 0.958 bits per heavy atom. The van der Waals surface area contributed by atoms with Crippen LogP contribution in [-0.2, 0) is 6.18 Å². The molecule has 0 unspecified atom stereocenters. The van der Waals surface area contributed by atoms with E-state index in [2.05, 4.69) is 11.1 Å². The van der Waals surface area contributed by atoms with Crippen LogP contribution < -0.4 is 0 Å². The first kappa shape index (κ1) is 15.8. The van der Waals surface area contributed by atoms with Gasteiger partial charge in [0.2, 0.25) is 0 Å². The Labute approximate surface area is 136 Å². The molecule has 3 aromatic rings. The van der Waals surface area contributed by atoms with Gasteiger partial charge < -0.3 is 0 Å². The normalized spacial score (nSPS) is 11.8. The molecule has 0 radical (unpaired) electrons. The van der Waals surface area contributed by atoms with E-state index in [-0.39, 0.29) is 0 Å². The van der Waals surface area contributed by atoms with Gasteiger partial charge in [0.15, 0.2) is 0 Å². The van der Waals surface area contributed by atoms with Crippen molar-refractivity contribution in [3.8, 4) is 6.07 Å². The molecule has 0 saturated carbocycles. The maximum absolute atomic E-state index is 12.6. The molecule has 1 aromatic heterocycles. The van der Waals surface area contributed by atoms with Gasteiger partial charge in [-0.2, -0.15) is 18.4 Å². The number of rotatable bonds is 2. The lowest BCUT2D eigenvalue weighted by atomic mass is 10.0. The number of hydrogen-bond acceptors (Lipinski definition) is 2. The molecular formula is C19H11F3N2. The zero-order valence-corrected chi connectivity index (χ0v) is 12.4. The number of benzene rings is 2. The molecule has 0 aliphatic heterocycles. The number of nitriles is 1. The lowest BCUT2D eigenvalue weighted by molar-refractivity contribution is -0.137. The number of fused-ring (bicyclic) bond motifs is 1. The summed E-state index contributed by atoms with van der Waals surface area (Å²) in [7, 11) is 0. The summed E-state index contributed by atoms with van der Waals surface area (Å²) < 4.78 is 37.7. The molecule has 118 valence electrons. The molecule has 0 spiro atoms. The number of halogens is 3. The lowest BCUT2D eigenvalue weighted by Gasteiger charge is -2.06. The summed E-state index contributed by atoms with van der Waals surface area (Å²) >= 11 is 0.